The van der Waals surface area contributed by atoms with Crippen LogP contribution in [0.15, 0.2) is 95.5 Å². The molecule has 0 radical (unpaired) electrons. The normalized spacial score (nSPS) is 13.1. The molecule has 0 bridgehead atoms. The summed E-state index contributed by atoms with van der Waals surface area (Å²) < 4.78 is 0. The molecule has 0 aliphatic carbocycles. The number of rotatable bonds is 5. The van der Waals surface area contributed by atoms with Crippen LogP contribution >= 0.6 is 11.8 Å². The van der Waals surface area contributed by atoms with Crippen LogP contribution in [0.5, 0.6) is 0 Å². The van der Waals surface area contributed by atoms with Gasteiger partial charge in [-0.2, -0.15) is 5.10 Å². The fraction of sp³-hybridized carbons (Fsp3) is 0.138. The van der Waals surface area contributed by atoms with E-state index >= 15 is 0 Å². The van der Waals surface area contributed by atoms with E-state index in [0.29, 0.717) is 12.2 Å². The van der Waals surface area contributed by atoms with Gasteiger partial charge in [-0.1, -0.05) is 43.0 Å². The van der Waals surface area contributed by atoms with Crippen LogP contribution in [0.4, 0.5) is 0 Å². The van der Waals surface area contributed by atoms with Gasteiger partial charge in [-0.05, 0) is 82.8 Å². The molecule has 1 aliphatic rings. The molecule has 0 amide bonds. The summed E-state index contributed by atoms with van der Waals surface area (Å²) >= 11 is 1.47. The Hall–Kier alpha value is -3.70. The summed E-state index contributed by atoms with van der Waals surface area (Å²) in [5.74, 6) is 0.571. The average molecular weight is 464 g/mol. The summed E-state index contributed by atoms with van der Waals surface area (Å²) in [6.45, 7) is 7.67. The summed E-state index contributed by atoms with van der Waals surface area (Å²) in [6.07, 6.45) is 2.58. The first-order valence-electron chi connectivity index (χ1n) is 11.2. The largest absolute Gasteiger partial charge is 0.512 e. The highest BCUT2D eigenvalue weighted by Crippen LogP contribution is 2.32. The summed E-state index contributed by atoms with van der Waals surface area (Å²) in [5, 5.41) is 21.6. The molecule has 1 aromatic heterocycles. The van der Waals surface area contributed by atoms with E-state index in [1.54, 1.807) is 0 Å². The molecule has 0 saturated heterocycles. The quantitative estimate of drug-likeness (QED) is 0.312. The standard InChI is InChI=1S/C29H25N3OS/c1-18-10-27(16-30-20(18)3)25-12-24(23-9-8-21-6-4-5-7-22(21)11-23)13-26(14-25)28-15-29(32-31-28)34-17-19(2)33/h4-14,16,33H,2,15,17H2,1,3H3. The molecule has 34 heavy (non-hydrogen) atoms. The first kappa shape index (κ1) is 22.1. The maximum absolute atomic E-state index is 9.42. The number of pyridine rings is 1. The smallest absolute Gasteiger partial charge is 0.102 e. The van der Waals surface area contributed by atoms with Crippen molar-refractivity contribution in [3.8, 4) is 22.3 Å². The Kier molecular flexibility index (Phi) is 6.03. The highest BCUT2D eigenvalue weighted by Gasteiger charge is 2.18. The SMILES string of the molecule is C=C(O)CSC1=NN=C(c2cc(-c3cnc(C)c(C)c3)cc(-c3ccc4ccccc4c3)c2)C1. The molecular weight excluding hydrogens is 438 g/mol. The number of benzene rings is 3. The molecule has 4 aromatic rings. The van der Waals surface area contributed by atoms with Crippen molar-refractivity contribution in [2.24, 2.45) is 10.2 Å². The lowest BCUT2D eigenvalue weighted by atomic mass is 9.93. The van der Waals surface area contributed by atoms with Gasteiger partial charge in [-0.15, -0.1) is 16.9 Å². The van der Waals surface area contributed by atoms with E-state index in [0.717, 1.165) is 44.3 Å². The molecule has 0 saturated carbocycles. The molecule has 5 rings (SSSR count). The number of nitrogens with zero attached hydrogens (tertiary/aromatic N) is 3. The lowest BCUT2D eigenvalue weighted by molar-refractivity contribution is 0.420. The number of aromatic nitrogens is 1. The Morgan fingerprint density at radius 2 is 1.59 bits per heavy atom. The molecular formula is C29H25N3OS. The van der Waals surface area contributed by atoms with Gasteiger partial charge in [0.05, 0.1) is 17.2 Å². The van der Waals surface area contributed by atoms with Crippen molar-refractivity contribution < 1.29 is 5.11 Å². The maximum atomic E-state index is 9.42. The Morgan fingerprint density at radius 1 is 0.853 bits per heavy atom. The van der Waals surface area contributed by atoms with Crippen LogP contribution in [-0.2, 0) is 0 Å². The molecule has 1 aliphatic heterocycles. The lowest BCUT2D eigenvalue weighted by Crippen LogP contribution is -2.03. The number of aliphatic hydroxyl groups is 1. The monoisotopic (exact) mass is 463 g/mol. The number of thioether (sulfide) groups is 1. The van der Waals surface area contributed by atoms with Crippen LogP contribution in [0.1, 0.15) is 23.2 Å². The molecule has 1 N–H and O–H groups in total. The van der Waals surface area contributed by atoms with Crippen molar-refractivity contribution in [2.45, 2.75) is 20.3 Å². The minimum Gasteiger partial charge on any atom is -0.512 e. The van der Waals surface area contributed by atoms with Crippen molar-refractivity contribution in [1.82, 2.24) is 4.98 Å². The second-order valence-electron chi connectivity index (χ2n) is 8.56. The minimum absolute atomic E-state index is 0.143. The van der Waals surface area contributed by atoms with Gasteiger partial charge in [0, 0.05) is 23.9 Å². The number of hydrogen-bond donors (Lipinski definition) is 1. The third-order valence-electron chi connectivity index (χ3n) is 6.03. The summed E-state index contributed by atoms with van der Waals surface area (Å²) in [4.78, 5) is 4.59. The fourth-order valence-electron chi connectivity index (χ4n) is 4.03. The zero-order chi connectivity index (χ0) is 23.7. The molecule has 0 atom stereocenters. The average Bonchev–Trinajstić information content (AvgIpc) is 3.33. The van der Waals surface area contributed by atoms with Gasteiger partial charge in [0.25, 0.3) is 0 Å². The number of hydrogen-bond acceptors (Lipinski definition) is 5. The first-order valence-corrected chi connectivity index (χ1v) is 12.2. The van der Waals surface area contributed by atoms with E-state index in [1.165, 1.54) is 28.1 Å². The van der Waals surface area contributed by atoms with Crippen LogP contribution in [0.25, 0.3) is 33.0 Å². The van der Waals surface area contributed by atoms with E-state index in [2.05, 4.69) is 95.4 Å². The predicted octanol–water partition coefficient (Wildman–Crippen LogP) is 7.50. The topological polar surface area (TPSA) is 57.8 Å². The molecule has 4 nitrogen and oxygen atoms in total. The van der Waals surface area contributed by atoms with Crippen LogP contribution in [0.2, 0.25) is 0 Å². The molecule has 2 heterocycles. The molecule has 168 valence electrons. The van der Waals surface area contributed by atoms with Crippen molar-refractivity contribution in [2.75, 3.05) is 5.75 Å². The van der Waals surface area contributed by atoms with Gasteiger partial charge in [0.1, 0.15) is 5.04 Å². The van der Waals surface area contributed by atoms with Crippen molar-refractivity contribution >= 4 is 33.3 Å². The van der Waals surface area contributed by atoms with E-state index in [4.69, 9.17) is 0 Å². The predicted molar refractivity (Wildman–Crippen MR) is 145 cm³/mol. The first-order chi connectivity index (χ1) is 16.5. The third kappa shape index (κ3) is 4.66. The molecule has 0 spiro atoms. The van der Waals surface area contributed by atoms with Gasteiger partial charge >= 0.3 is 0 Å². The number of fused-ring (bicyclic) bond motifs is 1. The molecule has 0 fully saturated rings. The Labute approximate surface area is 203 Å². The van der Waals surface area contributed by atoms with Gasteiger partial charge in [0.2, 0.25) is 0 Å². The minimum atomic E-state index is 0.143. The maximum Gasteiger partial charge on any atom is 0.102 e. The van der Waals surface area contributed by atoms with Crippen molar-refractivity contribution in [1.29, 1.82) is 0 Å². The highest BCUT2D eigenvalue weighted by molar-refractivity contribution is 8.14. The summed E-state index contributed by atoms with van der Waals surface area (Å²) in [5.41, 5.74) is 8.64. The molecule has 5 heteroatoms. The number of aliphatic hydroxyl groups excluding tert-OH is 1. The third-order valence-corrected chi connectivity index (χ3v) is 7.07. The summed E-state index contributed by atoms with van der Waals surface area (Å²) in [6, 6.07) is 23.8. The van der Waals surface area contributed by atoms with E-state index in [9.17, 15) is 5.11 Å². The highest BCUT2D eigenvalue weighted by atomic mass is 32.2. The van der Waals surface area contributed by atoms with Gasteiger partial charge in [-0.3, -0.25) is 4.98 Å². The molecule has 3 aromatic carbocycles. The summed E-state index contributed by atoms with van der Waals surface area (Å²) in [7, 11) is 0. The van der Waals surface area contributed by atoms with E-state index < -0.39 is 0 Å². The zero-order valence-corrected chi connectivity index (χ0v) is 20.1. The second-order valence-corrected chi connectivity index (χ2v) is 9.61. The van der Waals surface area contributed by atoms with Crippen LogP contribution in [0.3, 0.4) is 0 Å². The van der Waals surface area contributed by atoms with Crippen LogP contribution in [0, 0.1) is 13.8 Å². The van der Waals surface area contributed by atoms with Gasteiger partial charge < -0.3 is 5.11 Å². The fourth-order valence-corrected chi connectivity index (χ4v) is 4.70. The van der Waals surface area contributed by atoms with Gasteiger partial charge in [-0.25, -0.2) is 0 Å². The zero-order valence-electron chi connectivity index (χ0n) is 19.2. The molecule has 0 unspecified atom stereocenters. The van der Waals surface area contributed by atoms with E-state index in [1.807, 2.05) is 13.1 Å². The lowest BCUT2D eigenvalue weighted by Gasteiger charge is -2.12. The second kappa shape index (κ2) is 9.27. The van der Waals surface area contributed by atoms with Gasteiger partial charge in [0.15, 0.2) is 0 Å². The van der Waals surface area contributed by atoms with Crippen molar-refractivity contribution in [3.05, 3.63) is 102 Å². The van der Waals surface area contributed by atoms with Crippen molar-refractivity contribution in [3.63, 3.8) is 0 Å². The Morgan fingerprint density at radius 3 is 2.35 bits per heavy atom. The Balaban J connectivity index is 1.57. The van der Waals surface area contributed by atoms with E-state index in [-0.39, 0.29) is 5.76 Å². The van der Waals surface area contributed by atoms with Crippen LogP contribution in [-0.4, -0.2) is 26.6 Å². The Bertz CT molecular complexity index is 1490. The number of aryl methyl sites for hydroxylation is 2. The van der Waals surface area contributed by atoms with Crippen LogP contribution < -0.4 is 0 Å².